The molecular formula is C37H36Cl2N6O5. The molecule has 5 heterocycles. The number of β-amino-alcohol motifs (C(OH)–C–C–N with tert-alkyl or cyclic N) is 2. The molecule has 7 rings (SSSR count). The predicted octanol–water partition coefficient (Wildman–Crippen LogP) is 4.31. The third-order valence-corrected chi connectivity index (χ3v) is 10.1. The van der Waals surface area contributed by atoms with Crippen LogP contribution in [0.15, 0.2) is 77.9 Å². The zero-order valence-electron chi connectivity index (χ0n) is 27.3. The van der Waals surface area contributed by atoms with Gasteiger partial charge in [0.05, 0.1) is 40.6 Å². The molecule has 2 fully saturated rings. The Kier molecular flexibility index (Phi) is 9.87. The summed E-state index contributed by atoms with van der Waals surface area (Å²) in [5.41, 5.74) is 5.98. The van der Waals surface area contributed by atoms with Crippen LogP contribution in [0.25, 0.3) is 39.2 Å². The fourth-order valence-electron chi connectivity index (χ4n) is 6.65. The number of carbonyl (C=O) groups is 1. The van der Waals surface area contributed by atoms with Crippen molar-refractivity contribution in [3.8, 4) is 39.4 Å². The highest BCUT2D eigenvalue weighted by Gasteiger charge is 2.30. The number of nitrogens with zero attached hydrogens (tertiary/aromatic N) is 4. The minimum absolute atomic E-state index is 0.0887. The third-order valence-electron chi connectivity index (χ3n) is 9.31. The number of aliphatic hydroxyl groups is 2. The predicted molar refractivity (Wildman–Crippen MR) is 192 cm³/mol. The van der Waals surface area contributed by atoms with E-state index in [2.05, 4.69) is 15.6 Å². The summed E-state index contributed by atoms with van der Waals surface area (Å²) in [5.74, 6) is 0.572. The van der Waals surface area contributed by atoms with Gasteiger partial charge in [-0.3, -0.25) is 18.9 Å². The lowest BCUT2D eigenvalue weighted by Crippen LogP contribution is -2.35. The van der Waals surface area contributed by atoms with Crippen molar-refractivity contribution in [3.63, 3.8) is 0 Å². The van der Waals surface area contributed by atoms with Gasteiger partial charge in [-0.15, -0.1) is 0 Å². The van der Waals surface area contributed by atoms with Gasteiger partial charge < -0.3 is 25.6 Å². The number of methoxy groups -OCH3 is 1. The number of aromatic nitrogens is 3. The molecule has 50 heavy (non-hydrogen) atoms. The van der Waals surface area contributed by atoms with E-state index in [1.807, 2.05) is 65.6 Å². The summed E-state index contributed by atoms with van der Waals surface area (Å²) in [6, 6.07) is 19.1. The SMILES string of the molecule is COc1nc(-c2cccc(-c3cccc(-c4ccn5c(=O)c(CN6C[C@@H](O)[C@H](O)C6)cnc5c4)c3Cl)c2Cl)ccc1CNC[C@H]1CCC(=O)N1. The van der Waals surface area contributed by atoms with Gasteiger partial charge in [0, 0.05) is 85.4 Å². The summed E-state index contributed by atoms with van der Waals surface area (Å²) in [6.45, 7) is 2.07. The summed E-state index contributed by atoms with van der Waals surface area (Å²) in [7, 11) is 1.58. The molecule has 2 saturated heterocycles. The molecule has 13 heteroatoms. The first-order chi connectivity index (χ1) is 24.2. The van der Waals surface area contributed by atoms with Crippen LogP contribution >= 0.6 is 23.2 Å². The molecule has 2 aliphatic heterocycles. The molecule has 2 aromatic carbocycles. The fourth-order valence-corrected chi connectivity index (χ4v) is 7.31. The van der Waals surface area contributed by atoms with Gasteiger partial charge in [0.15, 0.2) is 0 Å². The maximum absolute atomic E-state index is 13.3. The number of carbonyl (C=O) groups excluding carboxylic acids is 1. The van der Waals surface area contributed by atoms with Crippen LogP contribution in [-0.2, 0) is 17.9 Å². The Balaban J connectivity index is 1.13. The molecule has 0 bridgehead atoms. The molecule has 258 valence electrons. The van der Waals surface area contributed by atoms with Crippen LogP contribution in [0.5, 0.6) is 5.88 Å². The maximum atomic E-state index is 13.3. The van der Waals surface area contributed by atoms with Crippen molar-refractivity contribution in [1.82, 2.24) is 29.9 Å². The average Bonchev–Trinajstić information content (AvgIpc) is 3.68. The first kappa shape index (κ1) is 34.1. The number of amides is 1. The number of halogens is 2. The monoisotopic (exact) mass is 714 g/mol. The van der Waals surface area contributed by atoms with E-state index in [0.29, 0.717) is 65.4 Å². The van der Waals surface area contributed by atoms with Crippen LogP contribution in [0.1, 0.15) is 24.0 Å². The van der Waals surface area contributed by atoms with Gasteiger partial charge in [-0.1, -0.05) is 65.7 Å². The Morgan fingerprint density at radius 2 is 1.64 bits per heavy atom. The largest absolute Gasteiger partial charge is 0.481 e. The number of pyridine rings is 2. The van der Waals surface area contributed by atoms with Crippen LogP contribution in [0, 0.1) is 0 Å². The smallest absolute Gasteiger partial charge is 0.262 e. The quantitative estimate of drug-likeness (QED) is 0.167. The molecule has 3 aromatic heterocycles. The minimum Gasteiger partial charge on any atom is -0.481 e. The third kappa shape index (κ3) is 6.85. The van der Waals surface area contributed by atoms with E-state index >= 15 is 0 Å². The highest BCUT2D eigenvalue weighted by Crippen LogP contribution is 2.42. The van der Waals surface area contributed by atoms with E-state index in [1.165, 1.54) is 4.40 Å². The summed E-state index contributed by atoms with van der Waals surface area (Å²) in [5, 5.41) is 27.1. The molecule has 0 saturated carbocycles. The summed E-state index contributed by atoms with van der Waals surface area (Å²) in [6.07, 6.45) is 2.96. The Labute approximate surface area is 298 Å². The minimum atomic E-state index is -0.828. The van der Waals surface area contributed by atoms with E-state index in [9.17, 15) is 19.8 Å². The number of hydrogen-bond acceptors (Lipinski definition) is 9. The lowest BCUT2D eigenvalue weighted by Gasteiger charge is -2.16. The summed E-state index contributed by atoms with van der Waals surface area (Å²) >= 11 is 14.2. The van der Waals surface area contributed by atoms with E-state index in [4.69, 9.17) is 32.9 Å². The normalized spacial score (nSPS) is 19.3. The van der Waals surface area contributed by atoms with Gasteiger partial charge in [-0.2, -0.15) is 0 Å². The average molecular weight is 716 g/mol. The zero-order valence-corrected chi connectivity index (χ0v) is 28.8. The number of aliphatic hydroxyl groups excluding tert-OH is 2. The molecule has 0 radical (unpaired) electrons. The topological polar surface area (TPSA) is 141 Å². The van der Waals surface area contributed by atoms with E-state index in [0.717, 1.165) is 39.8 Å². The second kappa shape index (κ2) is 14.5. The lowest BCUT2D eigenvalue weighted by atomic mass is 9.97. The molecule has 11 nitrogen and oxygen atoms in total. The van der Waals surface area contributed by atoms with Gasteiger partial charge in [0.2, 0.25) is 11.8 Å². The van der Waals surface area contributed by atoms with Crippen LogP contribution in [-0.4, -0.2) is 80.4 Å². The standard InChI is InChI=1S/C37H36Cl2N6O5/c1-50-36-22(15-40-17-24-9-11-33(48)42-24)8-10-29(43-36)28-7-3-6-27(35(28)39)26-5-2-4-25(34(26)38)21-12-13-45-32(14-21)41-16-23(37(45)49)18-44-19-30(46)31(47)20-44/h2-8,10,12-14,16,24,30-31,40,46-47H,9,11,15,17-20H2,1H3,(H,42,48)/t24-,30-,31-/m1/s1. The highest BCUT2D eigenvalue weighted by molar-refractivity contribution is 6.39. The molecule has 0 unspecified atom stereocenters. The van der Waals surface area contributed by atoms with E-state index < -0.39 is 12.2 Å². The Morgan fingerprint density at radius 3 is 2.34 bits per heavy atom. The molecule has 0 aliphatic carbocycles. The van der Waals surface area contributed by atoms with Crippen LogP contribution < -0.4 is 20.9 Å². The zero-order chi connectivity index (χ0) is 34.9. The van der Waals surface area contributed by atoms with Crippen LogP contribution in [0.2, 0.25) is 10.0 Å². The van der Waals surface area contributed by atoms with Gasteiger partial charge in [-0.05, 0) is 30.2 Å². The van der Waals surface area contributed by atoms with Crippen molar-refractivity contribution in [2.45, 2.75) is 44.2 Å². The van der Waals surface area contributed by atoms with Crippen molar-refractivity contribution in [2.24, 2.45) is 0 Å². The van der Waals surface area contributed by atoms with Crippen LogP contribution in [0.4, 0.5) is 0 Å². The number of nitrogens with one attached hydrogen (secondary N) is 2. The highest BCUT2D eigenvalue weighted by atomic mass is 35.5. The Morgan fingerprint density at radius 1 is 0.940 bits per heavy atom. The molecule has 4 N–H and O–H groups in total. The van der Waals surface area contributed by atoms with Gasteiger partial charge >= 0.3 is 0 Å². The number of fused-ring (bicyclic) bond motifs is 1. The first-order valence-electron chi connectivity index (χ1n) is 16.4. The molecule has 1 amide bonds. The van der Waals surface area contributed by atoms with E-state index in [1.54, 1.807) is 19.5 Å². The van der Waals surface area contributed by atoms with E-state index in [-0.39, 0.29) is 24.1 Å². The Hall–Kier alpha value is -4.36. The number of likely N-dealkylation sites (tertiary alicyclic amines) is 1. The molecule has 0 spiro atoms. The van der Waals surface area contributed by atoms with Crippen molar-refractivity contribution in [2.75, 3.05) is 26.7 Å². The van der Waals surface area contributed by atoms with Gasteiger partial charge in [0.25, 0.3) is 5.56 Å². The summed E-state index contributed by atoms with van der Waals surface area (Å²) in [4.78, 5) is 35.9. The molecular weight excluding hydrogens is 679 g/mol. The second-order valence-electron chi connectivity index (χ2n) is 12.7. The van der Waals surface area contributed by atoms with Gasteiger partial charge in [0.1, 0.15) is 5.65 Å². The van der Waals surface area contributed by atoms with Gasteiger partial charge in [-0.25, -0.2) is 9.97 Å². The lowest BCUT2D eigenvalue weighted by molar-refractivity contribution is -0.119. The van der Waals surface area contributed by atoms with Crippen molar-refractivity contribution >= 4 is 34.8 Å². The number of rotatable bonds is 10. The number of benzene rings is 2. The first-order valence-corrected chi connectivity index (χ1v) is 17.2. The van der Waals surface area contributed by atoms with Crippen molar-refractivity contribution in [3.05, 3.63) is 105 Å². The fraction of sp³-hybridized carbons (Fsp3) is 0.297. The number of hydrogen-bond donors (Lipinski definition) is 4. The Bertz CT molecular complexity index is 2130. The van der Waals surface area contributed by atoms with Crippen molar-refractivity contribution in [1.29, 1.82) is 0 Å². The number of ether oxygens (including phenoxy) is 1. The van der Waals surface area contributed by atoms with Crippen LogP contribution in [0.3, 0.4) is 0 Å². The molecule has 5 aromatic rings. The molecule has 3 atom stereocenters. The second-order valence-corrected chi connectivity index (χ2v) is 13.5. The maximum Gasteiger partial charge on any atom is 0.262 e. The molecule has 2 aliphatic rings. The van der Waals surface area contributed by atoms with Crippen molar-refractivity contribution < 1.29 is 19.7 Å². The summed E-state index contributed by atoms with van der Waals surface area (Å²) < 4.78 is 7.12.